The van der Waals surface area contributed by atoms with Crippen LogP contribution in [0.25, 0.3) is 0 Å². The second kappa shape index (κ2) is 6.36. The fraction of sp³-hybridized carbons (Fsp3) is 0.333. The second-order valence-electron chi connectivity index (χ2n) is 5.26. The van der Waals surface area contributed by atoms with Crippen LogP contribution in [0.3, 0.4) is 0 Å². The van der Waals surface area contributed by atoms with E-state index in [0.29, 0.717) is 12.2 Å². The summed E-state index contributed by atoms with van der Waals surface area (Å²) in [5.74, 6) is 1.32. The predicted octanol–water partition coefficient (Wildman–Crippen LogP) is 3.47. The lowest BCUT2D eigenvalue weighted by Gasteiger charge is -2.29. The molecule has 116 valence electrons. The van der Waals surface area contributed by atoms with Gasteiger partial charge in [-0.1, -0.05) is 24.3 Å². The lowest BCUT2D eigenvalue weighted by atomic mass is 9.88. The zero-order valence-corrected chi connectivity index (χ0v) is 12.9. The molecule has 3 nitrogen and oxygen atoms in total. The molecule has 0 amide bonds. The molecule has 0 bridgehead atoms. The third-order valence-electron chi connectivity index (χ3n) is 4.02. The summed E-state index contributed by atoms with van der Waals surface area (Å²) in [5, 5.41) is 3.40. The van der Waals surface area contributed by atoms with Gasteiger partial charge in [0.05, 0.1) is 19.8 Å². The second-order valence-corrected chi connectivity index (χ2v) is 5.26. The Balaban J connectivity index is 2.11. The summed E-state index contributed by atoms with van der Waals surface area (Å²) in [6.07, 6.45) is 0.840. The first-order valence-corrected chi connectivity index (χ1v) is 7.56. The van der Waals surface area contributed by atoms with Crippen molar-refractivity contribution in [2.45, 2.75) is 19.4 Å². The minimum absolute atomic E-state index is 0.157. The first kappa shape index (κ1) is 14.9. The van der Waals surface area contributed by atoms with E-state index in [1.807, 2.05) is 31.2 Å². The number of ether oxygens (including phenoxy) is 2. The van der Waals surface area contributed by atoms with Crippen LogP contribution in [-0.2, 0) is 6.42 Å². The molecular weight excluding hydrogens is 281 g/mol. The molecule has 1 aliphatic heterocycles. The van der Waals surface area contributed by atoms with Gasteiger partial charge in [-0.2, -0.15) is 0 Å². The molecule has 1 aliphatic rings. The number of nitrogens with one attached hydrogen (secondary N) is 1. The highest BCUT2D eigenvalue weighted by molar-refractivity contribution is 5.54. The van der Waals surface area contributed by atoms with Crippen LogP contribution in [0.2, 0.25) is 0 Å². The molecule has 3 rings (SSSR count). The summed E-state index contributed by atoms with van der Waals surface area (Å²) in [7, 11) is 1.64. The lowest BCUT2D eigenvalue weighted by Crippen LogP contribution is -2.31. The highest BCUT2D eigenvalue weighted by Crippen LogP contribution is 2.40. The van der Waals surface area contributed by atoms with Crippen molar-refractivity contribution in [2.75, 3.05) is 20.3 Å². The summed E-state index contributed by atoms with van der Waals surface area (Å²) in [6, 6.07) is 10.6. The van der Waals surface area contributed by atoms with Gasteiger partial charge in [0.2, 0.25) is 0 Å². The number of fused-ring (bicyclic) bond motifs is 1. The molecule has 4 heteroatoms. The van der Waals surface area contributed by atoms with Crippen molar-refractivity contribution in [2.24, 2.45) is 0 Å². The number of hydrogen-bond donors (Lipinski definition) is 1. The molecule has 1 atom stereocenters. The summed E-state index contributed by atoms with van der Waals surface area (Å²) in [6.45, 7) is 3.30. The van der Waals surface area contributed by atoms with Gasteiger partial charge in [-0.3, -0.25) is 0 Å². The van der Waals surface area contributed by atoms with Crippen LogP contribution in [0.15, 0.2) is 36.4 Å². The highest BCUT2D eigenvalue weighted by Gasteiger charge is 2.27. The van der Waals surface area contributed by atoms with Gasteiger partial charge in [-0.25, -0.2) is 4.39 Å². The van der Waals surface area contributed by atoms with Gasteiger partial charge in [0.25, 0.3) is 0 Å². The summed E-state index contributed by atoms with van der Waals surface area (Å²) >= 11 is 0. The van der Waals surface area contributed by atoms with Crippen LogP contribution in [0.4, 0.5) is 4.39 Å². The monoisotopic (exact) mass is 301 g/mol. The molecule has 22 heavy (non-hydrogen) atoms. The SMILES string of the molecule is CCOc1c(OC)ccc2c1CCNC2c1ccccc1F. The molecule has 0 aromatic heterocycles. The summed E-state index contributed by atoms with van der Waals surface area (Å²) in [5.41, 5.74) is 2.82. The van der Waals surface area contributed by atoms with E-state index >= 15 is 0 Å². The average molecular weight is 301 g/mol. The molecule has 0 saturated carbocycles. The minimum atomic E-state index is -0.193. The number of methoxy groups -OCH3 is 1. The quantitative estimate of drug-likeness (QED) is 0.938. The molecule has 0 radical (unpaired) electrons. The molecule has 1 N–H and O–H groups in total. The van der Waals surface area contributed by atoms with E-state index in [1.165, 1.54) is 6.07 Å². The lowest BCUT2D eigenvalue weighted by molar-refractivity contribution is 0.305. The smallest absolute Gasteiger partial charge is 0.164 e. The van der Waals surface area contributed by atoms with Gasteiger partial charge in [0.15, 0.2) is 11.5 Å². The first-order valence-electron chi connectivity index (χ1n) is 7.56. The van der Waals surface area contributed by atoms with Gasteiger partial charge >= 0.3 is 0 Å². The molecule has 0 saturated heterocycles. The Labute approximate surface area is 130 Å². The standard InChI is InChI=1S/C18H20FNO2/c1-3-22-18-13-10-11-20-17(12(13)8-9-16(18)21-2)14-6-4-5-7-15(14)19/h4-9,17,20H,3,10-11H2,1-2H3. The van der Waals surface area contributed by atoms with Crippen molar-refractivity contribution >= 4 is 0 Å². The maximum atomic E-state index is 14.2. The highest BCUT2D eigenvalue weighted by atomic mass is 19.1. The van der Waals surface area contributed by atoms with Crippen LogP contribution in [0.5, 0.6) is 11.5 Å². The van der Waals surface area contributed by atoms with E-state index in [1.54, 1.807) is 13.2 Å². The third-order valence-corrected chi connectivity index (χ3v) is 4.02. The molecule has 1 heterocycles. The van der Waals surface area contributed by atoms with E-state index in [4.69, 9.17) is 9.47 Å². The molecule has 2 aromatic rings. The average Bonchev–Trinajstić information content (AvgIpc) is 2.55. The van der Waals surface area contributed by atoms with Crippen molar-refractivity contribution in [3.05, 3.63) is 58.9 Å². The topological polar surface area (TPSA) is 30.5 Å². The Morgan fingerprint density at radius 1 is 1.18 bits per heavy atom. The minimum Gasteiger partial charge on any atom is -0.493 e. The Morgan fingerprint density at radius 3 is 2.73 bits per heavy atom. The number of halogens is 1. The van der Waals surface area contributed by atoms with Gasteiger partial charge in [0, 0.05) is 17.7 Å². The Bertz CT molecular complexity index is 672. The van der Waals surface area contributed by atoms with Crippen molar-refractivity contribution < 1.29 is 13.9 Å². The number of rotatable bonds is 4. The van der Waals surface area contributed by atoms with Crippen LogP contribution in [0, 0.1) is 5.82 Å². The maximum Gasteiger partial charge on any atom is 0.164 e. The number of hydrogen-bond acceptors (Lipinski definition) is 3. The van der Waals surface area contributed by atoms with Crippen molar-refractivity contribution in [1.29, 1.82) is 0 Å². The Morgan fingerprint density at radius 2 is 2.00 bits per heavy atom. The molecule has 2 aromatic carbocycles. The first-order chi connectivity index (χ1) is 10.8. The van der Waals surface area contributed by atoms with Crippen LogP contribution in [-0.4, -0.2) is 20.3 Å². The van der Waals surface area contributed by atoms with E-state index in [0.717, 1.165) is 35.6 Å². The van der Waals surface area contributed by atoms with Crippen molar-refractivity contribution in [3.8, 4) is 11.5 Å². The zero-order valence-electron chi connectivity index (χ0n) is 12.9. The molecular formula is C18H20FNO2. The van der Waals surface area contributed by atoms with Crippen LogP contribution < -0.4 is 14.8 Å². The molecule has 0 aliphatic carbocycles. The Hall–Kier alpha value is -2.07. The molecule has 0 spiro atoms. The normalized spacial score (nSPS) is 17.0. The van der Waals surface area contributed by atoms with E-state index in [2.05, 4.69) is 5.32 Å². The van der Waals surface area contributed by atoms with E-state index in [9.17, 15) is 4.39 Å². The zero-order chi connectivity index (χ0) is 15.5. The fourth-order valence-electron chi connectivity index (χ4n) is 3.05. The van der Waals surface area contributed by atoms with Gasteiger partial charge in [-0.15, -0.1) is 0 Å². The van der Waals surface area contributed by atoms with Gasteiger partial charge < -0.3 is 14.8 Å². The predicted molar refractivity (Wildman–Crippen MR) is 84.1 cm³/mol. The molecule has 1 unspecified atom stereocenters. The van der Waals surface area contributed by atoms with Crippen LogP contribution >= 0.6 is 0 Å². The van der Waals surface area contributed by atoms with E-state index in [-0.39, 0.29) is 11.9 Å². The number of benzene rings is 2. The third kappa shape index (κ3) is 2.55. The van der Waals surface area contributed by atoms with Crippen LogP contribution in [0.1, 0.15) is 29.7 Å². The summed E-state index contributed by atoms with van der Waals surface area (Å²) in [4.78, 5) is 0. The largest absolute Gasteiger partial charge is 0.493 e. The maximum absolute atomic E-state index is 14.2. The fourth-order valence-corrected chi connectivity index (χ4v) is 3.05. The summed E-state index contributed by atoms with van der Waals surface area (Å²) < 4.78 is 25.4. The van der Waals surface area contributed by atoms with Crippen molar-refractivity contribution in [3.63, 3.8) is 0 Å². The van der Waals surface area contributed by atoms with Gasteiger partial charge in [-0.05, 0) is 31.0 Å². The van der Waals surface area contributed by atoms with Crippen molar-refractivity contribution in [1.82, 2.24) is 5.32 Å². The van der Waals surface area contributed by atoms with E-state index < -0.39 is 0 Å². The Kier molecular flexibility index (Phi) is 4.29. The molecule has 0 fully saturated rings. The van der Waals surface area contributed by atoms with Gasteiger partial charge in [0.1, 0.15) is 5.82 Å².